The molecule has 0 aliphatic heterocycles. The number of fused-ring (bicyclic) bond motifs is 3. The minimum absolute atomic E-state index is 0.948. The Morgan fingerprint density at radius 2 is 0.837 bits per heavy atom. The number of para-hydroxylation sites is 1. The van der Waals surface area contributed by atoms with Crippen LogP contribution >= 0.6 is 0 Å². The molecule has 0 unspecified atom stereocenters. The summed E-state index contributed by atoms with van der Waals surface area (Å²) in [6.07, 6.45) is 4.40. The number of aryl methyl sites for hydroxylation is 1. The van der Waals surface area contributed by atoms with E-state index in [1.165, 1.54) is 77.5 Å². The van der Waals surface area contributed by atoms with Crippen LogP contribution in [-0.2, 0) is 6.54 Å². The third-order valence-electron chi connectivity index (χ3n) is 9.44. The molecule has 7 aromatic carbocycles. The fourth-order valence-corrected chi connectivity index (χ4v) is 7.03. The van der Waals surface area contributed by atoms with Gasteiger partial charge in [-0.2, -0.15) is 0 Å². The van der Waals surface area contributed by atoms with Gasteiger partial charge in [0.15, 0.2) is 0 Å². The van der Waals surface area contributed by atoms with E-state index >= 15 is 0 Å². The summed E-state index contributed by atoms with van der Waals surface area (Å²) in [6.45, 7) is 3.17. The maximum absolute atomic E-state index is 2.42. The molecule has 1 aromatic heterocycles. The van der Waals surface area contributed by atoms with Crippen LogP contribution in [0.5, 0.6) is 0 Å². The van der Waals surface area contributed by atoms with E-state index in [1.807, 2.05) is 0 Å². The average molecular weight is 628 g/mol. The van der Waals surface area contributed by atoms with Crippen LogP contribution in [0.25, 0.3) is 56.2 Å². The Balaban J connectivity index is 1.09. The molecule has 1 nitrogen and oxygen atoms in total. The Morgan fingerprint density at radius 3 is 1.37 bits per heavy atom. The molecule has 0 aliphatic carbocycles. The zero-order chi connectivity index (χ0) is 33.0. The highest BCUT2D eigenvalue weighted by Crippen LogP contribution is 2.37. The van der Waals surface area contributed by atoms with Gasteiger partial charge in [-0.05, 0) is 74.7 Å². The van der Waals surface area contributed by atoms with Gasteiger partial charge in [0.2, 0.25) is 0 Å². The Hall–Kier alpha value is -6.18. The van der Waals surface area contributed by atoms with E-state index < -0.39 is 0 Å². The molecule has 0 saturated carbocycles. The summed E-state index contributed by atoms with van der Waals surface area (Å²) < 4.78 is 2.42. The van der Waals surface area contributed by atoms with Crippen LogP contribution in [0.4, 0.5) is 0 Å². The Bertz CT molecular complexity index is 2370. The fraction of sp³-hybridized carbons (Fsp3) is 0.0417. The van der Waals surface area contributed by atoms with Gasteiger partial charge in [0.25, 0.3) is 0 Å². The van der Waals surface area contributed by atoms with Gasteiger partial charge in [-0.25, -0.2) is 0 Å². The summed E-state index contributed by atoms with van der Waals surface area (Å²) in [6, 6.07) is 65.6. The third kappa shape index (κ3) is 6.04. The molecule has 234 valence electrons. The van der Waals surface area contributed by atoms with Crippen molar-refractivity contribution in [1.82, 2.24) is 4.57 Å². The number of hydrogen-bond donors (Lipinski definition) is 0. The second kappa shape index (κ2) is 13.5. The van der Waals surface area contributed by atoms with Crippen molar-refractivity contribution in [3.8, 4) is 11.1 Å². The van der Waals surface area contributed by atoms with Gasteiger partial charge in [0.05, 0.1) is 0 Å². The first kappa shape index (κ1) is 30.2. The first-order chi connectivity index (χ1) is 24.3. The third-order valence-corrected chi connectivity index (χ3v) is 9.44. The molecule has 0 fully saturated rings. The first-order valence-electron chi connectivity index (χ1n) is 17.1. The van der Waals surface area contributed by atoms with Crippen LogP contribution in [0.3, 0.4) is 0 Å². The van der Waals surface area contributed by atoms with Crippen LogP contribution in [0.1, 0.15) is 40.3 Å². The predicted octanol–water partition coefficient (Wildman–Crippen LogP) is 12.7. The molecule has 0 amide bonds. The number of hydrogen-bond acceptors (Lipinski definition) is 0. The summed E-state index contributed by atoms with van der Waals surface area (Å²) in [5, 5.41) is 2.63. The van der Waals surface area contributed by atoms with Crippen molar-refractivity contribution in [2.24, 2.45) is 0 Å². The molecule has 1 heterocycles. The zero-order valence-electron chi connectivity index (χ0n) is 27.6. The molecule has 0 atom stereocenters. The lowest BCUT2D eigenvalue weighted by Gasteiger charge is -2.18. The molecule has 0 saturated heterocycles. The van der Waals surface area contributed by atoms with Crippen molar-refractivity contribution in [2.75, 3.05) is 0 Å². The quantitative estimate of drug-likeness (QED) is 0.148. The second-order valence-corrected chi connectivity index (χ2v) is 12.4. The van der Waals surface area contributed by atoms with Gasteiger partial charge < -0.3 is 4.57 Å². The highest BCUT2D eigenvalue weighted by Gasteiger charge is 2.16. The van der Waals surface area contributed by atoms with Crippen molar-refractivity contribution in [2.45, 2.75) is 13.5 Å². The Kier molecular flexibility index (Phi) is 8.32. The molecule has 49 heavy (non-hydrogen) atoms. The number of benzene rings is 7. The molecular formula is C48H37N. The molecule has 0 radical (unpaired) electrons. The van der Waals surface area contributed by atoms with Gasteiger partial charge in [0.1, 0.15) is 0 Å². The fourth-order valence-electron chi connectivity index (χ4n) is 7.03. The molecule has 1 heteroatoms. The number of aromatic nitrogens is 1. The molecule has 8 rings (SSSR count). The van der Waals surface area contributed by atoms with Crippen molar-refractivity contribution in [1.29, 1.82) is 0 Å². The molecule has 8 aromatic rings. The summed E-state index contributed by atoms with van der Waals surface area (Å²) >= 11 is 0. The van der Waals surface area contributed by atoms with E-state index in [0.717, 1.165) is 6.54 Å². The first-order valence-corrected chi connectivity index (χ1v) is 17.1. The van der Waals surface area contributed by atoms with E-state index in [2.05, 4.69) is 206 Å². The SMILES string of the molecule is CCn1c2ccccc2c2ccc(-c3ccc(/C=C/c4ccc(C(=C(c5ccccc5)c5ccccc5)c5ccccc5)cc4)cc3)cc21. The normalized spacial score (nSPS) is 11.4. The van der Waals surface area contributed by atoms with Gasteiger partial charge in [-0.15, -0.1) is 0 Å². The average Bonchev–Trinajstić information content (AvgIpc) is 3.50. The maximum Gasteiger partial charge on any atom is 0.0497 e. The topological polar surface area (TPSA) is 4.93 Å². The van der Waals surface area contributed by atoms with E-state index in [1.54, 1.807) is 0 Å². The largest absolute Gasteiger partial charge is 0.341 e. The van der Waals surface area contributed by atoms with E-state index in [4.69, 9.17) is 0 Å². The minimum atomic E-state index is 0.948. The van der Waals surface area contributed by atoms with Crippen molar-refractivity contribution in [3.05, 3.63) is 215 Å². The zero-order valence-corrected chi connectivity index (χ0v) is 27.6. The number of nitrogens with zero attached hydrogens (tertiary/aromatic N) is 1. The molecule has 0 bridgehead atoms. The monoisotopic (exact) mass is 627 g/mol. The summed E-state index contributed by atoms with van der Waals surface area (Å²) in [4.78, 5) is 0. The predicted molar refractivity (Wildman–Crippen MR) is 210 cm³/mol. The molecule has 0 aliphatic rings. The lowest BCUT2D eigenvalue weighted by molar-refractivity contribution is 0.827. The van der Waals surface area contributed by atoms with Gasteiger partial charge >= 0.3 is 0 Å². The van der Waals surface area contributed by atoms with E-state index in [-0.39, 0.29) is 0 Å². The molecule has 0 spiro atoms. The maximum atomic E-state index is 2.42. The Labute approximate surface area is 288 Å². The van der Waals surface area contributed by atoms with Crippen molar-refractivity contribution >= 4 is 45.1 Å². The van der Waals surface area contributed by atoms with Gasteiger partial charge in [-0.3, -0.25) is 0 Å². The van der Waals surface area contributed by atoms with E-state index in [0.29, 0.717) is 0 Å². The van der Waals surface area contributed by atoms with Gasteiger partial charge in [-0.1, -0.05) is 182 Å². The lowest BCUT2D eigenvalue weighted by Crippen LogP contribution is -1.97. The summed E-state index contributed by atoms with van der Waals surface area (Å²) in [5.41, 5.74) is 14.6. The van der Waals surface area contributed by atoms with Crippen LogP contribution in [0.15, 0.2) is 182 Å². The second-order valence-electron chi connectivity index (χ2n) is 12.4. The summed E-state index contributed by atoms with van der Waals surface area (Å²) in [7, 11) is 0. The Morgan fingerprint density at radius 1 is 0.408 bits per heavy atom. The highest BCUT2D eigenvalue weighted by molar-refractivity contribution is 6.09. The molecule has 0 N–H and O–H groups in total. The van der Waals surface area contributed by atoms with Crippen LogP contribution in [-0.4, -0.2) is 4.57 Å². The lowest BCUT2D eigenvalue weighted by atomic mass is 9.85. The van der Waals surface area contributed by atoms with Crippen molar-refractivity contribution < 1.29 is 0 Å². The minimum Gasteiger partial charge on any atom is -0.341 e. The highest BCUT2D eigenvalue weighted by atomic mass is 15.0. The van der Waals surface area contributed by atoms with Gasteiger partial charge in [0, 0.05) is 28.4 Å². The number of rotatable bonds is 8. The standard InChI is InChI=1S/C48H37N/c1-2-49-45-21-13-12-20-43(45)44-33-32-42(34-46(44)49)37-28-24-35(25-29-37)22-23-36-26-30-41(31-27-36)48(40-18-10-5-11-19-40)47(38-14-6-3-7-15-38)39-16-8-4-9-17-39/h3-34H,2H2,1H3/b23-22+. The van der Waals surface area contributed by atoms with E-state index in [9.17, 15) is 0 Å². The summed E-state index contributed by atoms with van der Waals surface area (Å²) in [5.74, 6) is 0. The smallest absolute Gasteiger partial charge is 0.0497 e. The van der Waals surface area contributed by atoms with Crippen LogP contribution < -0.4 is 0 Å². The van der Waals surface area contributed by atoms with Crippen LogP contribution in [0.2, 0.25) is 0 Å². The van der Waals surface area contributed by atoms with Crippen LogP contribution in [0, 0.1) is 0 Å². The van der Waals surface area contributed by atoms with Crippen molar-refractivity contribution in [3.63, 3.8) is 0 Å². The molecular weight excluding hydrogens is 591 g/mol.